The van der Waals surface area contributed by atoms with Crippen molar-refractivity contribution in [3.8, 4) is 0 Å². The van der Waals surface area contributed by atoms with Crippen LogP contribution in [0.25, 0.3) is 17.0 Å². The number of aromatic nitrogens is 1. The Morgan fingerprint density at radius 2 is 2.11 bits per heavy atom. The van der Waals surface area contributed by atoms with Crippen LogP contribution in [0.2, 0.25) is 0 Å². The summed E-state index contributed by atoms with van der Waals surface area (Å²) >= 11 is 0. The minimum absolute atomic E-state index is 0.0328. The minimum Gasteiger partial charge on any atom is -0.293 e. The van der Waals surface area contributed by atoms with Crippen molar-refractivity contribution in [1.82, 2.24) is 4.98 Å². The number of carbonyl (C=O) groups excluding carboxylic acids is 1. The maximum absolute atomic E-state index is 12.4. The smallest absolute Gasteiger partial charge is 0.171 e. The third-order valence-electron chi connectivity index (χ3n) is 3.44. The Morgan fingerprint density at radius 1 is 1.28 bits per heavy atom. The molecule has 3 rings (SSSR count). The Kier molecular flexibility index (Phi) is 2.71. The van der Waals surface area contributed by atoms with Crippen molar-refractivity contribution in [1.29, 1.82) is 0 Å². The molecule has 1 unspecified atom stereocenters. The van der Waals surface area contributed by atoms with Crippen LogP contribution in [0, 0.1) is 5.92 Å². The number of allylic oxidation sites excluding steroid dienone is 1. The molecule has 1 aliphatic rings. The van der Waals surface area contributed by atoms with Crippen molar-refractivity contribution < 1.29 is 4.79 Å². The normalized spacial score (nSPS) is 18.1. The van der Waals surface area contributed by atoms with Crippen molar-refractivity contribution in [3.63, 3.8) is 0 Å². The third kappa shape index (κ3) is 1.74. The third-order valence-corrected chi connectivity index (χ3v) is 3.44. The highest BCUT2D eigenvalue weighted by Crippen LogP contribution is 2.27. The van der Waals surface area contributed by atoms with E-state index >= 15 is 0 Å². The van der Waals surface area contributed by atoms with Gasteiger partial charge in [0.25, 0.3) is 0 Å². The zero-order valence-electron chi connectivity index (χ0n) is 10.4. The minimum atomic E-state index is 0.0328. The fraction of sp³-hybridized carbons (Fsp3) is 0.250. The standard InChI is InChI=1S/C16H15NO/c1-2-5-11-8-9-15-13(16(11)18)10-12-6-3-4-7-14(12)17-15/h3-4,6-11H,2,5H2,1H3. The molecule has 0 saturated carbocycles. The van der Waals surface area contributed by atoms with Crippen LogP contribution in [-0.2, 0) is 0 Å². The van der Waals surface area contributed by atoms with Gasteiger partial charge in [-0.25, -0.2) is 4.98 Å². The Bertz CT molecular complexity index is 643. The monoisotopic (exact) mass is 237 g/mol. The molecular formula is C16H15NO. The number of rotatable bonds is 2. The summed E-state index contributed by atoms with van der Waals surface area (Å²) in [5.74, 6) is 0.248. The van der Waals surface area contributed by atoms with Crippen LogP contribution >= 0.6 is 0 Å². The number of benzene rings is 1. The number of pyridine rings is 1. The van der Waals surface area contributed by atoms with E-state index in [4.69, 9.17) is 0 Å². The fourth-order valence-corrected chi connectivity index (χ4v) is 2.49. The first kappa shape index (κ1) is 11.1. The number of fused-ring (bicyclic) bond motifs is 2. The maximum atomic E-state index is 12.4. The van der Waals surface area contributed by atoms with E-state index in [2.05, 4.69) is 11.9 Å². The average Bonchev–Trinajstić information content (AvgIpc) is 2.41. The van der Waals surface area contributed by atoms with Crippen LogP contribution in [0.15, 0.2) is 36.4 Å². The van der Waals surface area contributed by atoms with Gasteiger partial charge in [-0.2, -0.15) is 0 Å². The fourth-order valence-electron chi connectivity index (χ4n) is 2.49. The Morgan fingerprint density at radius 3 is 2.94 bits per heavy atom. The van der Waals surface area contributed by atoms with Crippen LogP contribution in [0.1, 0.15) is 35.8 Å². The highest BCUT2D eigenvalue weighted by atomic mass is 16.1. The predicted molar refractivity (Wildman–Crippen MR) is 73.5 cm³/mol. The van der Waals surface area contributed by atoms with E-state index in [9.17, 15) is 4.79 Å². The molecular weight excluding hydrogens is 222 g/mol. The van der Waals surface area contributed by atoms with E-state index in [-0.39, 0.29) is 11.7 Å². The van der Waals surface area contributed by atoms with Gasteiger partial charge in [0, 0.05) is 16.9 Å². The van der Waals surface area contributed by atoms with Crippen molar-refractivity contribution in [2.24, 2.45) is 5.92 Å². The van der Waals surface area contributed by atoms with Crippen LogP contribution in [0.3, 0.4) is 0 Å². The lowest BCUT2D eigenvalue weighted by Gasteiger charge is -2.17. The molecule has 0 N–H and O–H groups in total. The van der Waals surface area contributed by atoms with Gasteiger partial charge in [0.15, 0.2) is 5.78 Å². The number of hydrogen-bond donors (Lipinski definition) is 0. The molecule has 2 aromatic rings. The number of hydrogen-bond acceptors (Lipinski definition) is 2. The number of nitrogens with zero attached hydrogens (tertiary/aromatic N) is 1. The van der Waals surface area contributed by atoms with Gasteiger partial charge in [0.1, 0.15) is 0 Å². The SMILES string of the molecule is CCCC1C=Cc2nc3ccccc3cc2C1=O. The lowest BCUT2D eigenvalue weighted by molar-refractivity contribution is 0.0937. The van der Waals surface area contributed by atoms with E-state index in [1.807, 2.05) is 42.5 Å². The number of ketones is 1. The molecule has 0 aliphatic heterocycles. The first-order valence-corrected chi connectivity index (χ1v) is 6.42. The molecule has 0 bridgehead atoms. The van der Waals surface area contributed by atoms with Gasteiger partial charge in [0.2, 0.25) is 0 Å². The van der Waals surface area contributed by atoms with Gasteiger partial charge in [0.05, 0.1) is 11.2 Å². The molecule has 0 amide bonds. The average molecular weight is 237 g/mol. The van der Waals surface area contributed by atoms with E-state index in [1.54, 1.807) is 0 Å². The van der Waals surface area contributed by atoms with Crippen LogP contribution in [0.5, 0.6) is 0 Å². The molecule has 0 radical (unpaired) electrons. The molecule has 2 heteroatoms. The molecule has 0 fully saturated rings. The highest BCUT2D eigenvalue weighted by molar-refractivity contribution is 6.06. The second-order valence-electron chi connectivity index (χ2n) is 4.73. The lowest BCUT2D eigenvalue weighted by Crippen LogP contribution is -2.17. The Labute approximate surface area is 106 Å². The van der Waals surface area contributed by atoms with Gasteiger partial charge in [-0.15, -0.1) is 0 Å². The molecule has 1 atom stereocenters. The molecule has 1 aromatic heterocycles. The molecule has 1 heterocycles. The van der Waals surface area contributed by atoms with E-state index < -0.39 is 0 Å². The van der Waals surface area contributed by atoms with Crippen LogP contribution in [0.4, 0.5) is 0 Å². The summed E-state index contributed by atoms with van der Waals surface area (Å²) in [7, 11) is 0. The van der Waals surface area contributed by atoms with Crippen LogP contribution in [-0.4, -0.2) is 10.8 Å². The summed E-state index contributed by atoms with van der Waals surface area (Å²) < 4.78 is 0. The van der Waals surface area contributed by atoms with Gasteiger partial charge < -0.3 is 0 Å². The summed E-state index contributed by atoms with van der Waals surface area (Å²) in [4.78, 5) is 16.9. The highest BCUT2D eigenvalue weighted by Gasteiger charge is 2.23. The van der Waals surface area contributed by atoms with Crippen LogP contribution < -0.4 is 0 Å². The Balaban J connectivity index is 2.14. The number of para-hydroxylation sites is 1. The topological polar surface area (TPSA) is 30.0 Å². The van der Waals surface area contributed by atoms with Crippen molar-refractivity contribution in [3.05, 3.63) is 47.7 Å². The van der Waals surface area contributed by atoms with Crippen molar-refractivity contribution in [2.75, 3.05) is 0 Å². The lowest BCUT2D eigenvalue weighted by atomic mass is 9.87. The summed E-state index contributed by atoms with van der Waals surface area (Å²) in [6.07, 6.45) is 5.93. The quantitative estimate of drug-likeness (QED) is 0.793. The predicted octanol–water partition coefficient (Wildman–Crippen LogP) is 3.86. The maximum Gasteiger partial charge on any atom is 0.171 e. The van der Waals surface area contributed by atoms with Gasteiger partial charge in [-0.3, -0.25) is 4.79 Å². The van der Waals surface area contributed by atoms with E-state index in [0.29, 0.717) is 0 Å². The van der Waals surface area contributed by atoms with E-state index in [0.717, 1.165) is 35.0 Å². The van der Waals surface area contributed by atoms with Crippen molar-refractivity contribution >= 4 is 22.8 Å². The molecule has 90 valence electrons. The van der Waals surface area contributed by atoms with E-state index in [1.165, 1.54) is 0 Å². The van der Waals surface area contributed by atoms with Gasteiger partial charge >= 0.3 is 0 Å². The molecule has 0 saturated heterocycles. The number of carbonyl (C=O) groups is 1. The van der Waals surface area contributed by atoms with Gasteiger partial charge in [-0.05, 0) is 24.6 Å². The number of Topliss-reactive ketones (excluding diaryl/α,β-unsaturated/α-hetero) is 1. The van der Waals surface area contributed by atoms with Crippen molar-refractivity contribution in [2.45, 2.75) is 19.8 Å². The summed E-state index contributed by atoms with van der Waals surface area (Å²) in [5, 5.41) is 1.04. The molecule has 0 spiro atoms. The molecule has 1 aromatic carbocycles. The first-order chi connectivity index (χ1) is 8.79. The molecule has 1 aliphatic carbocycles. The summed E-state index contributed by atoms with van der Waals surface area (Å²) in [6.45, 7) is 2.11. The molecule has 2 nitrogen and oxygen atoms in total. The first-order valence-electron chi connectivity index (χ1n) is 6.42. The molecule has 18 heavy (non-hydrogen) atoms. The second kappa shape index (κ2) is 4.37. The van der Waals surface area contributed by atoms with Gasteiger partial charge in [-0.1, -0.05) is 37.6 Å². The summed E-state index contributed by atoms with van der Waals surface area (Å²) in [5.41, 5.74) is 2.53. The second-order valence-corrected chi connectivity index (χ2v) is 4.73. The zero-order chi connectivity index (χ0) is 12.5. The Hall–Kier alpha value is -1.96. The zero-order valence-corrected chi connectivity index (χ0v) is 10.4. The summed E-state index contributed by atoms with van der Waals surface area (Å²) in [6, 6.07) is 9.90. The largest absolute Gasteiger partial charge is 0.293 e.